The van der Waals surface area contributed by atoms with Crippen molar-refractivity contribution in [3.05, 3.63) is 191 Å². The lowest BCUT2D eigenvalue weighted by molar-refractivity contribution is -0.143. The number of nitrogens with zero attached hydrogens (tertiary/aromatic N) is 2. The van der Waals surface area contributed by atoms with E-state index in [-0.39, 0.29) is 56.7 Å². The van der Waals surface area contributed by atoms with Crippen LogP contribution >= 0.6 is 0 Å². The predicted molar refractivity (Wildman–Crippen MR) is 310 cm³/mol. The Hall–Kier alpha value is -8.87. The molecule has 6 aromatic carbocycles. The fraction of sp³-hybridized carbons (Fsp3) is 0.338. The molecule has 0 aromatic heterocycles. The molecule has 18 nitrogen and oxygen atoms in total. The van der Waals surface area contributed by atoms with E-state index in [0.717, 1.165) is 27.8 Å². The molecule has 10 rings (SSSR count). The van der Waals surface area contributed by atoms with Gasteiger partial charge in [-0.05, 0) is 101 Å². The molecule has 4 fully saturated rings. The average Bonchev–Trinajstić information content (AvgIpc) is 4.45. The second-order valence-corrected chi connectivity index (χ2v) is 22.0. The zero-order valence-electron chi connectivity index (χ0n) is 46.2. The minimum absolute atomic E-state index is 0.00440. The van der Waals surface area contributed by atoms with Gasteiger partial charge < -0.3 is 51.3 Å². The molecule has 0 aliphatic carbocycles. The number of ether oxygens (including phenoxy) is 1. The number of hydrogen-bond donors (Lipinski definition) is 8. The Balaban J connectivity index is 0.923. The van der Waals surface area contributed by atoms with Crippen LogP contribution in [-0.4, -0.2) is 136 Å². The van der Waals surface area contributed by atoms with Crippen LogP contribution in [-0.2, 0) is 72.1 Å². The highest BCUT2D eigenvalue weighted by atomic mass is 16.5. The summed E-state index contributed by atoms with van der Waals surface area (Å²) < 4.78 is 5.36. The number of hydrogen-bond acceptors (Lipinski definition) is 11. The summed E-state index contributed by atoms with van der Waals surface area (Å²) in [5.74, 6) is -2.89. The Labute approximate surface area is 482 Å². The first-order valence-electron chi connectivity index (χ1n) is 28.5. The molecule has 7 amide bonds. The molecule has 4 saturated heterocycles. The van der Waals surface area contributed by atoms with Crippen LogP contribution in [0.5, 0.6) is 11.5 Å². The van der Waals surface area contributed by atoms with Crippen LogP contribution in [0.15, 0.2) is 158 Å². The number of aliphatic hydroxyl groups excluding tert-OH is 1. The number of fused-ring (bicyclic) bond motifs is 2. The summed E-state index contributed by atoms with van der Waals surface area (Å²) in [7, 11) is 1.56. The number of benzene rings is 6. The molecule has 9 atom stereocenters. The fourth-order valence-corrected chi connectivity index (χ4v) is 11.9. The molecule has 6 aromatic rings. The maximum absolute atomic E-state index is 15.0. The number of amides is 7. The largest absolute Gasteiger partial charge is 0.508 e. The van der Waals surface area contributed by atoms with E-state index in [1.165, 1.54) is 17.0 Å². The van der Waals surface area contributed by atoms with E-state index in [9.17, 15) is 43.8 Å². The molecule has 4 aliphatic heterocycles. The van der Waals surface area contributed by atoms with Crippen LogP contribution in [0.1, 0.15) is 59.1 Å². The number of nitrogens with one attached hydrogen (secondary N) is 6. The van der Waals surface area contributed by atoms with Crippen LogP contribution in [0, 0.1) is 0 Å². The summed E-state index contributed by atoms with van der Waals surface area (Å²) in [4.78, 5) is 105. The van der Waals surface area contributed by atoms with E-state index in [1.54, 1.807) is 36.3 Å². The predicted octanol–water partition coefficient (Wildman–Crippen LogP) is 3.83. The molecular formula is C65H70N8O10. The molecule has 18 heteroatoms. The molecule has 4 heterocycles. The minimum atomic E-state index is -1.25. The third-order valence-corrected chi connectivity index (χ3v) is 16.3. The summed E-state index contributed by atoms with van der Waals surface area (Å²) in [5, 5.41) is 40.0. The molecule has 430 valence electrons. The zero-order chi connectivity index (χ0) is 58.0. The van der Waals surface area contributed by atoms with Gasteiger partial charge in [-0.25, -0.2) is 0 Å². The first kappa shape index (κ1) is 57.4. The highest BCUT2D eigenvalue weighted by Gasteiger charge is 2.43. The molecule has 0 saturated carbocycles. The minimum Gasteiger partial charge on any atom is -0.508 e. The monoisotopic (exact) mass is 1120 g/mol. The van der Waals surface area contributed by atoms with Crippen molar-refractivity contribution in [2.45, 2.75) is 119 Å². The highest BCUT2D eigenvalue weighted by Crippen LogP contribution is 2.29. The number of carbonyl (C=O) groups excluding carboxylic acids is 7. The van der Waals surface area contributed by atoms with E-state index in [2.05, 4.69) is 31.9 Å². The first-order chi connectivity index (χ1) is 40.3. The van der Waals surface area contributed by atoms with Gasteiger partial charge in [-0.2, -0.15) is 0 Å². The van der Waals surface area contributed by atoms with Gasteiger partial charge in [0.25, 0.3) is 0 Å². The van der Waals surface area contributed by atoms with Crippen molar-refractivity contribution in [2.24, 2.45) is 0 Å². The van der Waals surface area contributed by atoms with Crippen LogP contribution in [0.3, 0.4) is 0 Å². The van der Waals surface area contributed by atoms with Gasteiger partial charge in [-0.3, -0.25) is 38.9 Å². The van der Waals surface area contributed by atoms with E-state index in [1.807, 2.05) is 121 Å². The van der Waals surface area contributed by atoms with E-state index < -0.39 is 90.0 Å². The summed E-state index contributed by atoms with van der Waals surface area (Å²) >= 11 is 0. The quantitative estimate of drug-likeness (QED) is 0.0779. The normalized spacial score (nSPS) is 24.5. The lowest BCUT2D eigenvalue weighted by atomic mass is 9.93. The van der Waals surface area contributed by atoms with Gasteiger partial charge in [0.15, 0.2) is 0 Å². The molecule has 0 radical (unpaired) electrons. The van der Waals surface area contributed by atoms with Gasteiger partial charge >= 0.3 is 0 Å². The lowest BCUT2D eigenvalue weighted by Gasteiger charge is -2.35. The second-order valence-electron chi connectivity index (χ2n) is 22.0. The summed E-state index contributed by atoms with van der Waals surface area (Å²) in [6.45, 7) is 0.633. The van der Waals surface area contributed by atoms with Gasteiger partial charge in [-0.15, -0.1) is 0 Å². The molecule has 0 spiro atoms. The Morgan fingerprint density at radius 1 is 0.458 bits per heavy atom. The number of aromatic hydroxyl groups is 1. The number of phenolic OH excluding ortho intramolecular Hbond substituents is 1. The molecule has 8 N–H and O–H groups in total. The number of methoxy groups -OCH3 is 1. The molecule has 4 aliphatic rings. The van der Waals surface area contributed by atoms with Crippen molar-refractivity contribution in [2.75, 3.05) is 20.2 Å². The van der Waals surface area contributed by atoms with E-state index in [0.29, 0.717) is 54.7 Å². The Bertz CT molecular complexity index is 3290. The standard InChI is InChI=1S/C65H70N8O10/c1-83-48-29-25-43(26-30-48)36-52-58(75)67-51(60(77)70-54(37-41-15-6-3-7-16-41)64(81)72-31-11-21-56(72)62(79)68-52)35-42-23-27-45(28-24-42)49-20-9-8-18-46(49)39-55-65(82)73-32-12-22-57(73)63(80)69-53(38-44-17-10-19-47(74)33-44)59(76)66-50(61(78)71-55)34-40-13-4-2-5-14-40/h2-10,13-20,23-30,33,50-57,62,68,74,79H,11-12,21-22,31-32,34-39H2,1H3,(H,66,76)(H,67,75)(H,69,80)(H,70,77)(H,71,78)/t50-,51-,52+,53+,54+,55+,56-,57-,62?/m1/s1. The van der Waals surface area contributed by atoms with Gasteiger partial charge in [0.05, 0.1) is 19.2 Å². The second kappa shape index (κ2) is 26.4. The molecule has 0 bridgehead atoms. The van der Waals surface area contributed by atoms with Gasteiger partial charge in [0.2, 0.25) is 41.4 Å². The lowest BCUT2D eigenvalue weighted by Crippen LogP contribution is -2.63. The number of rotatable bonds is 14. The molecular weight excluding hydrogens is 1050 g/mol. The van der Waals surface area contributed by atoms with Gasteiger partial charge in [0, 0.05) is 45.2 Å². The Kier molecular flexibility index (Phi) is 18.2. The van der Waals surface area contributed by atoms with Crippen molar-refractivity contribution in [3.8, 4) is 22.6 Å². The van der Waals surface area contributed by atoms with Crippen LogP contribution < -0.4 is 36.6 Å². The van der Waals surface area contributed by atoms with Crippen molar-refractivity contribution in [1.29, 1.82) is 0 Å². The number of aliphatic hydroxyl groups is 1. The van der Waals surface area contributed by atoms with E-state index >= 15 is 0 Å². The molecule has 1 unspecified atom stereocenters. The van der Waals surface area contributed by atoms with Crippen LogP contribution in [0.25, 0.3) is 11.1 Å². The van der Waals surface area contributed by atoms with Crippen LogP contribution in [0.2, 0.25) is 0 Å². The SMILES string of the molecule is COc1ccc(C[C@@H]2NC(O)[C@H]3CCCN3C(=O)[C@H](Cc3ccccc3)NC(=O)[C@@H](Cc3ccc(-c4ccccc4C[C@@H]4NC(=O)[C@@H](Cc5ccccc5)NC(=O)[C@H](Cc5cccc(O)c5)NC(=O)[C@H]5CCCN5C4=O)cc3)NC2=O)cc1. The van der Waals surface area contributed by atoms with Crippen molar-refractivity contribution in [1.82, 2.24) is 41.7 Å². The maximum atomic E-state index is 15.0. The summed E-state index contributed by atoms with van der Waals surface area (Å²) in [6, 6.07) is 39.0. The third kappa shape index (κ3) is 14.1. The zero-order valence-corrected chi connectivity index (χ0v) is 46.2. The third-order valence-electron chi connectivity index (χ3n) is 16.3. The maximum Gasteiger partial charge on any atom is 0.246 e. The van der Waals surface area contributed by atoms with Gasteiger partial charge in [0.1, 0.15) is 54.0 Å². The smallest absolute Gasteiger partial charge is 0.246 e. The highest BCUT2D eigenvalue weighted by molar-refractivity contribution is 5.98. The first-order valence-corrected chi connectivity index (χ1v) is 28.5. The fourth-order valence-electron chi connectivity index (χ4n) is 11.9. The molecule has 83 heavy (non-hydrogen) atoms. The summed E-state index contributed by atoms with van der Waals surface area (Å²) in [5.41, 5.74) is 5.83. The van der Waals surface area contributed by atoms with Crippen molar-refractivity contribution < 1.29 is 48.5 Å². The topological polar surface area (TPSA) is 248 Å². The Morgan fingerprint density at radius 3 is 1.53 bits per heavy atom. The average molecular weight is 1120 g/mol. The van der Waals surface area contributed by atoms with Crippen molar-refractivity contribution >= 4 is 41.4 Å². The van der Waals surface area contributed by atoms with Crippen molar-refractivity contribution in [3.63, 3.8) is 0 Å². The van der Waals surface area contributed by atoms with Crippen LogP contribution in [0.4, 0.5) is 0 Å². The number of carbonyl (C=O) groups is 7. The summed E-state index contributed by atoms with van der Waals surface area (Å²) in [6.07, 6.45) is 1.25. The number of phenols is 1. The van der Waals surface area contributed by atoms with E-state index in [4.69, 9.17) is 4.74 Å². The van der Waals surface area contributed by atoms with Gasteiger partial charge in [-0.1, -0.05) is 133 Å². The Morgan fingerprint density at radius 2 is 0.916 bits per heavy atom.